The topological polar surface area (TPSA) is 51.9 Å². The van der Waals surface area contributed by atoms with E-state index in [2.05, 4.69) is 10.4 Å². The number of amides is 1. The van der Waals surface area contributed by atoms with Gasteiger partial charge in [-0.3, -0.25) is 4.79 Å². The molecule has 21 heavy (non-hydrogen) atoms. The molecule has 0 aliphatic rings. The van der Waals surface area contributed by atoms with Crippen molar-refractivity contribution in [2.24, 2.45) is 0 Å². The fourth-order valence-corrected chi connectivity index (χ4v) is 2.31. The summed E-state index contributed by atoms with van der Waals surface area (Å²) in [7, 11) is 1.62. The van der Waals surface area contributed by atoms with Gasteiger partial charge in [-0.05, 0) is 36.8 Å². The van der Waals surface area contributed by atoms with E-state index in [9.17, 15) is 4.79 Å². The number of hydrogen-bond donors (Lipinski definition) is 1. The van der Waals surface area contributed by atoms with Gasteiger partial charge in [-0.1, -0.05) is 12.1 Å². The fourth-order valence-electron chi connectivity index (χ4n) is 2.31. The van der Waals surface area contributed by atoms with E-state index in [4.69, 9.17) is 0 Å². The summed E-state index contributed by atoms with van der Waals surface area (Å²) in [5.41, 5.74) is 2.60. The SMILES string of the molecule is CNC(=O)c1cnn(-c2cccc(C)c2)c1-n1cccc1. The summed E-state index contributed by atoms with van der Waals surface area (Å²) < 4.78 is 3.66. The van der Waals surface area contributed by atoms with E-state index in [1.165, 1.54) is 0 Å². The summed E-state index contributed by atoms with van der Waals surface area (Å²) in [5, 5.41) is 7.04. The van der Waals surface area contributed by atoms with Crippen LogP contribution < -0.4 is 5.32 Å². The number of carbonyl (C=O) groups is 1. The summed E-state index contributed by atoms with van der Waals surface area (Å²) in [6, 6.07) is 11.9. The van der Waals surface area contributed by atoms with E-state index < -0.39 is 0 Å². The van der Waals surface area contributed by atoms with Crippen molar-refractivity contribution in [2.45, 2.75) is 6.92 Å². The van der Waals surface area contributed by atoms with Crippen LogP contribution in [0.5, 0.6) is 0 Å². The van der Waals surface area contributed by atoms with E-state index in [1.807, 2.05) is 60.3 Å². The van der Waals surface area contributed by atoms with Crippen LogP contribution in [0.3, 0.4) is 0 Å². The maximum absolute atomic E-state index is 12.1. The van der Waals surface area contributed by atoms with Crippen molar-refractivity contribution in [1.82, 2.24) is 19.7 Å². The summed E-state index contributed by atoms with van der Waals surface area (Å²) in [4.78, 5) is 12.1. The predicted molar refractivity (Wildman–Crippen MR) is 81.0 cm³/mol. The highest BCUT2D eigenvalue weighted by molar-refractivity contribution is 5.97. The Labute approximate surface area is 122 Å². The Morgan fingerprint density at radius 2 is 1.95 bits per heavy atom. The normalized spacial score (nSPS) is 10.6. The van der Waals surface area contributed by atoms with E-state index in [1.54, 1.807) is 17.9 Å². The zero-order valence-electron chi connectivity index (χ0n) is 11.9. The van der Waals surface area contributed by atoms with Gasteiger partial charge in [0.2, 0.25) is 0 Å². The van der Waals surface area contributed by atoms with Crippen molar-refractivity contribution in [2.75, 3.05) is 7.05 Å². The van der Waals surface area contributed by atoms with Gasteiger partial charge in [0.1, 0.15) is 5.56 Å². The minimum Gasteiger partial charge on any atom is -0.355 e. The van der Waals surface area contributed by atoms with Crippen LogP contribution in [-0.4, -0.2) is 27.3 Å². The smallest absolute Gasteiger partial charge is 0.256 e. The lowest BCUT2D eigenvalue weighted by molar-refractivity contribution is 0.0963. The molecule has 3 rings (SSSR count). The molecule has 0 fully saturated rings. The van der Waals surface area contributed by atoms with E-state index >= 15 is 0 Å². The first-order valence-corrected chi connectivity index (χ1v) is 6.71. The molecule has 0 saturated heterocycles. The van der Waals surface area contributed by atoms with Crippen LogP contribution in [0.2, 0.25) is 0 Å². The van der Waals surface area contributed by atoms with Gasteiger partial charge in [0.25, 0.3) is 5.91 Å². The molecule has 0 aliphatic heterocycles. The molecule has 0 radical (unpaired) electrons. The second-order valence-corrected chi connectivity index (χ2v) is 4.80. The second kappa shape index (κ2) is 5.28. The third kappa shape index (κ3) is 2.33. The summed E-state index contributed by atoms with van der Waals surface area (Å²) in [6.07, 6.45) is 5.39. The van der Waals surface area contributed by atoms with Gasteiger partial charge in [0.05, 0.1) is 11.9 Å². The predicted octanol–water partition coefficient (Wildman–Crippen LogP) is 2.33. The standard InChI is InChI=1S/C16H16N4O/c1-12-6-5-7-13(10-12)20-16(19-8-3-4-9-19)14(11-18-20)15(21)17-2/h3-11H,1-2H3,(H,17,21). The average Bonchev–Trinajstić information content (AvgIpc) is 3.15. The molecule has 0 aliphatic carbocycles. The second-order valence-electron chi connectivity index (χ2n) is 4.80. The maximum Gasteiger partial charge on any atom is 0.256 e. The molecule has 0 saturated carbocycles. The van der Waals surface area contributed by atoms with Crippen LogP contribution in [0.15, 0.2) is 55.0 Å². The number of benzene rings is 1. The highest BCUT2D eigenvalue weighted by Gasteiger charge is 2.18. The molecule has 3 aromatic rings. The first-order valence-electron chi connectivity index (χ1n) is 6.71. The average molecular weight is 280 g/mol. The number of nitrogens with zero attached hydrogens (tertiary/aromatic N) is 3. The van der Waals surface area contributed by atoms with Gasteiger partial charge >= 0.3 is 0 Å². The Balaban J connectivity index is 2.22. The Kier molecular flexibility index (Phi) is 3.31. The molecule has 5 heteroatoms. The minimum atomic E-state index is -0.155. The zero-order valence-corrected chi connectivity index (χ0v) is 11.9. The molecular formula is C16H16N4O. The third-order valence-electron chi connectivity index (χ3n) is 3.31. The van der Waals surface area contributed by atoms with E-state index in [0.29, 0.717) is 5.56 Å². The van der Waals surface area contributed by atoms with Crippen LogP contribution in [0.1, 0.15) is 15.9 Å². The molecule has 1 aromatic carbocycles. The molecule has 0 unspecified atom stereocenters. The largest absolute Gasteiger partial charge is 0.355 e. The lowest BCUT2D eigenvalue weighted by Crippen LogP contribution is -2.19. The van der Waals surface area contributed by atoms with Crippen molar-refractivity contribution in [3.63, 3.8) is 0 Å². The van der Waals surface area contributed by atoms with Gasteiger partial charge in [-0.2, -0.15) is 5.10 Å². The lowest BCUT2D eigenvalue weighted by atomic mass is 10.2. The summed E-state index contributed by atoms with van der Waals surface area (Å²) in [5.74, 6) is 0.572. The number of nitrogens with one attached hydrogen (secondary N) is 1. The molecule has 1 amide bonds. The molecule has 106 valence electrons. The number of rotatable bonds is 3. The van der Waals surface area contributed by atoms with E-state index in [0.717, 1.165) is 17.1 Å². The highest BCUT2D eigenvalue weighted by atomic mass is 16.1. The third-order valence-corrected chi connectivity index (χ3v) is 3.31. The zero-order chi connectivity index (χ0) is 14.8. The van der Waals surface area contributed by atoms with Crippen LogP contribution in [0.4, 0.5) is 0 Å². The highest BCUT2D eigenvalue weighted by Crippen LogP contribution is 2.20. The van der Waals surface area contributed by atoms with Crippen molar-refractivity contribution < 1.29 is 4.79 Å². The van der Waals surface area contributed by atoms with Crippen LogP contribution in [0, 0.1) is 6.92 Å². The van der Waals surface area contributed by atoms with Gasteiger partial charge in [0.15, 0.2) is 5.82 Å². The lowest BCUT2D eigenvalue weighted by Gasteiger charge is -2.11. The maximum atomic E-state index is 12.1. The fraction of sp³-hybridized carbons (Fsp3) is 0.125. The van der Waals surface area contributed by atoms with Crippen molar-refractivity contribution in [1.29, 1.82) is 0 Å². The molecule has 0 spiro atoms. The van der Waals surface area contributed by atoms with Gasteiger partial charge in [-0.25, -0.2) is 4.68 Å². The molecule has 2 heterocycles. The van der Waals surface area contributed by atoms with Gasteiger partial charge in [0, 0.05) is 19.4 Å². The summed E-state index contributed by atoms with van der Waals surface area (Å²) >= 11 is 0. The number of carbonyl (C=O) groups excluding carboxylic acids is 1. The number of aromatic nitrogens is 3. The molecule has 2 aromatic heterocycles. The molecule has 0 atom stereocenters. The Hall–Kier alpha value is -2.82. The minimum absolute atomic E-state index is 0.155. The quantitative estimate of drug-likeness (QED) is 0.800. The Morgan fingerprint density at radius 3 is 2.62 bits per heavy atom. The monoisotopic (exact) mass is 280 g/mol. The molecule has 5 nitrogen and oxygen atoms in total. The van der Waals surface area contributed by atoms with Crippen molar-refractivity contribution in [3.05, 3.63) is 66.1 Å². The Morgan fingerprint density at radius 1 is 1.19 bits per heavy atom. The Bertz CT molecular complexity index is 771. The summed E-state index contributed by atoms with van der Waals surface area (Å²) in [6.45, 7) is 2.03. The molecule has 1 N–H and O–H groups in total. The van der Waals surface area contributed by atoms with Crippen LogP contribution in [0.25, 0.3) is 11.5 Å². The van der Waals surface area contributed by atoms with Gasteiger partial charge in [-0.15, -0.1) is 0 Å². The first kappa shape index (κ1) is 13.2. The first-order chi connectivity index (χ1) is 10.2. The van der Waals surface area contributed by atoms with Crippen LogP contribution in [-0.2, 0) is 0 Å². The molecular weight excluding hydrogens is 264 g/mol. The van der Waals surface area contributed by atoms with Crippen molar-refractivity contribution in [3.8, 4) is 11.5 Å². The number of aryl methyl sites for hydroxylation is 1. The van der Waals surface area contributed by atoms with E-state index in [-0.39, 0.29) is 5.91 Å². The molecule has 0 bridgehead atoms. The van der Waals surface area contributed by atoms with Crippen molar-refractivity contribution >= 4 is 5.91 Å². The van der Waals surface area contributed by atoms with Crippen LogP contribution >= 0.6 is 0 Å². The number of hydrogen-bond acceptors (Lipinski definition) is 2. The van der Waals surface area contributed by atoms with Gasteiger partial charge < -0.3 is 9.88 Å².